The van der Waals surface area contributed by atoms with Crippen molar-refractivity contribution in [2.24, 2.45) is 0 Å². The number of rotatable bonds is 4. The van der Waals surface area contributed by atoms with Gasteiger partial charge in [-0.05, 0) is 19.3 Å². The van der Waals surface area contributed by atoms with E-state index < -0.39 is 30.4 Å². The van der Waals surface area contributed by atoms with E-state index in [-0.39, 0.29) is 13.0 Å². The SMILES string of the molecule is O=C(O)C1([C@H](O)[C@H](O)CO)CCCCO1. The average Bonchev–Trinajstić information content (AvgIpc) is 2.27. The van der Waals surface area contributed by atoms with Gasteiger partial charge in [-0.3, -0.25) is 0 Å². The third-order valence-electron chi connectivity index (χ3n) is 2.69. The lowest BCUT2D eigenvalue weighted by Gasteiger charge is -2.38. The van der Waals surface area contributed by atoms with E-state index in [0.717, 1.165) is 6.42 Å². The van der Waals surface area contributed by atoms with Gasteiger partial charge in [0.15, 0.2) is 5.60 Å². The normalized spacial score (nSPS) is 30.9. The number of carboxylic acids is 1. The Morgan fingerprint density at radius 1 is 1.40 bits per heavy atom. The fraction of sp³-hybridized carbons (Fsp3) is 0.889. The van der Waals surface area contributed by atoms with Crippen LogP contribution in [0.4, 0.5) is 0 Å². The average molecular weight is 220 g/mol. The summed E-state index contributed by atoms with van der Waals surface area (Å²) in [5, 5.41) is 36.6. The van der Waals surface area contributed by atoms with Crippen LogP contribution in [0.2, 0.25) is 0 Å². The second-order valence-corrected chi connectivity index (χ2v) is 3.69. The summed E-state index contributed by atoms with van der Waals surface area (Å²) in [5.74, 6) is -1.30. The van der Waals surface area contributed by atoms with E-state index in [2.05, 4.69) is 0 Å². The molecule has 0 radical (unpaired) electrons. The van der Waals surface area contributed by atoms with E-state index in [1.54, 1.807) is 0 Å². The van der Waals surface area contributed by atoms with Gasteiger partial charge in [-0.15, -0.1) is 0 Å². The Hall–Kier alpha value is -0.690. The number of hydrogen-bond donors (Lipinski definition) is 4. The number of aliphatic hydroxyl groups excluding tert-OH is 3. The van der Waals surface area contributed by atoms with Gasteiger partial charge in [-0.1, -0.05) is 0 Å². The van der Waals surface area contributed by atoms with Crippen molar-refractivity contribution in [1.29, 1.82) is 0 Å². The highest BCUT2D eigenvalue weighted by Gasteiger charge is 2.50. The first kappa shape index (κ1) is 12.4. The summed E-state index contributed by atoms with van der Waals surface area (Å²) >= 11 is 0. The standard InChI is InChI=1S/C9H16O6/c10-5-6(11)7(12)9(8(13)14)3-1-2-4-15-9/h6-7,10-12H,1-5H2,(H,13,14)/t6-,7-,9?/m1/s1. The van der Waals surface area contributed by atoms with Crippen LogP contribution in [0.5, 0.6) is 0 Å². The minimum atomic E-state index is -1.78. The lowest BCUT2D eigenvalue weighted by atomic mass is 9.85. The van der Waals surface area contributed by atoms with Gasteiger partial charge in [-0.25, -0.2) is 4.79 Å². The van der Waals surface area contributed by atoms with Gasteiger partial charge in [0.05, 0.1) is 6.61 Å². The fourth-order valence-electron chi connectivity index (χ4n) is 1.76. The summed E-state index contributed by atoms with van der Waals surface area (Å²) in [6.45, 7) is -0.457. The first-order chi connectivity index (χ1) is 7.04. The largest absolute Gasteiger partial charge is 0.479 e. The molecule has 0 aromatic rings. The zero-order chi connectivity index (χ0) is 11.5. The number of ether oxygens (including phenoxy) is 1. The molecule has 0 saturated carbocycles. The molecule has 88 valence electrons. The van der Waals surface area contributed by atoms with Crippen molar-refractivity contribution < 1.29 is 30.0 Å². The molecule has 3 atom stereocenters. The minimum Gasteiger partial charge on any atom is -0.479 e. The Morgan fingerprint density at radius 2 is 2.07 bits per heavy atom. The molecule has 6 heteroatoms. The van der Waals surface area contributed by atoms with Crippen LogP contribution in [0.3, 0.4) is 0 Å². The highest BCUT2D eigenvalue weighted by molar-refractivity contribution is 5.78. The van der Waals surface area contributed by atoms with Gasteiger partial charge in [0, 0.05) is 6.61 Å². The first-order valence-electron chi connectivity index (χ1n) is 4.89. The van der Waals surface area contributed by atoms with E-state index in [0.29, 0.717) is 6.42 Å². The summed E-state index contributed by atoms with van der Waals surface area (Å²) in [6, 6.07) is 0. The molecule has 1 aliphatic rings. The lowest BCUT2D eigenvalue weighted by Crippen LogP contribution is -2.58. The second-order valence-electron chi connectivity index (χ2n) is 3.69. The smallest absolute Gasteiger partial charge is 0.338 e. The Morgan fingerprint density at radius 3 is 2.47 bits per heavy atom. The van der Waals surface area contributed by atoms with Gasteiger partial charge >= 0.3 is 5.97 Å². The van der Waals surface area contributed by atoms with Crippen molar-refractivity contribution in [3.8, 4) is 0 Å². The molecule has 1 saturated heterocycles. The molecule has 0 aliphatic carbocycles. The first-order valence-corrected chi connectivity index (χ1v) is 4.89. The van der Waals surface area contributed by atoms with E-state index >= 15 is 0 Å². The van der Waals surface area contributed by atoms with E-state index in [1.807, 2.05) is 0 Å². The number of carboxylic acid groups (broad SMARTS) is 1. The number of hydrogen-bond acceptors (Lipinski definition) is 5. The van der Waals surface area contributed by atoms with Crippen LogP contribution < -0.4 is 0 Å². The van der Waals surface area contributed by atoms with E-state index in [4.69, 9.17) is 14.9 Å². The maximum atomic E-state index is 11.1. The van der Waals surface area contributed by atoms with Gasteiger partial charge in [0.1, 0.15) is 12.2 Å². The van der Waals surface area contributed by atoms with Crippen molar-refractivity contribution in [2.45, 2.75) is 37.1 Å². The highest BCUT2D eigenvalue weighted by Crippen LogP contribution is 2.30. The molecule has 1 fully saturated rings. The fourth-order valence-corrected chi connectivity index (χ4v) is 1.76. The van der Waals surface area contributed by atoms with Crippen molar-refractivity contribution in [3.63, 3.8) is 0 Å². The summed E-state index contributed by atoms with van der Waals surface area (Å²) in [5.41, 5.74) is -1.78. The molecular weight excluding hydrogens is 204 g/mol. The minimum absolute atomic E-state index is 0.139. The van der Waals surface area contributed by atoms with E-state index in [9.17, 15) is 15.0 Å². The molecular formula is C9H16O6. The highest BCUT2D eigenvalue weighted by atomic mass is 16.5. The molecule has 0 amide bonds. The summed E-state index contributed by atoms with van der Waals surface area (Å²) in [4.78, 5) is 11.1. The molecule has 0 spiro atoms. The van der Waals surface area contributed by atoms with Gasteiger partial charge in [-0.2, -0.15) is 0 Å². The molecule has 1 heterocycles. The molecule has 1 aliphatic heterocycles. The molecule has 1 unspecified atom stereocenters. The predicted octanol–water partition coefficient (Wildman–Crippen LogP) is -1.28. The van der Waals surface area contributed by atoms with Crippen LogP contribution in [0.1, 0.15) is 19.3 Å². The molecule has 1 rings (SSSR count). The van der Waals surface area contributed by atoms with Crippen LogP contribution in [0.15, 0.2) is 0 Å². The maximum Gasteiger partial charge on any atom is 0.338 e. The molecule has 4 N–H and O–H groups in total. The van der Waals surface area contributed by atoms with Crippen molar-refractivity contribution in [2.75, 3.05) is 13.2 Å². The number of carbonyl (C=O) groups is 1. The van der Waals surface area contributed by atoms with Crippen molar-refractivity contribution >= 4 is 5.97 Å². The Labute approximate surface area is 87.1 Å². The van der Waals surface area contributed by atoms with Crippen molar-refractivity contribution in [1.82, 2.24) is 0 Å². The number of aliphatic hydroxyl groups is 3. The van der Waals surface area contributed by atoms with E-state index in [1.165, 1.54) is 0 Å². The number of aliphatic carboxylic acids is 1. The third kappa shape index (κ3) is 2.28. The Balaban J connectivity index is 2.84. The zero-order valence-corrected chi connectivity index (χ0v) is 8.30. The Kier molecular flexibility index (Phi) is 4.04. The summed E-state index contributed by atoms with van der Waals surface area (Å²) in [6.07, 6.45) is -1.63. The molecule has 0 aromatic carbocycles. The van der Waals surface area contributed by atoms with Gasteiger partial charge < -0.3 is 25.2 Å². The monoisotopic (exact) mass is 220 g/mol. The topological polar surface area (TPSA) is 107 Å². The predicted molar refractivity (Wildman–Crippen MR) is 49.3 cm³/mol. The molecule has 15 heavy (non-hydrogen) atoms. The zero-order valence-electron chi connectivity index (χ0n) is 8.30. The quantitative estimate of drug-likeness (QED) is 0.470. The third-order valence-corrected chi connectivity index (χ3v) is 2.69. The molecule has 0 aromatic heterocycles. The molecule has 0 bridgehead atoms. The van der Waals surface area contributed by atoms with Crippen LogP contribution in [0, 0.1) is 0 Å². The molecule has 6 nitrogen and oxygen atoms in total. The van der Waals surface area contributed by atoms with Crippen LogP contribution >= 0.6 is 0 Å². The van der Waals surface area contributed by atoms with Crippen LogP contribution in [-0.2, 0) is 9.53 Å². The van der Waals surface area contributed by atoms with Crippen molar-refractivity contribution in [3.05, 3.63) is 0 Å². The van der Waals surface area contributed by atoms with Gasteiger partial charge in [0.2, 0.25) is 0 Å². The lowest BCUT2D eigenvalue weighted by molar-refractivity contribution is -0.207. The summed E-state index contributed by atoms with van der Waals surface area (Å²) < 4.78 is 5.09. The second kappa shape index (κ2) is 4.89. The summed E-state index contributed by atoms with van der Waals surface area (Å²) in [7, 11) is 0. The maximum absolute atomic E-state index is 11.1. The Bertz CT molecular complexity index is 223. The van der Waals surface area contributed by atoms with Gasteiger partial charge in [0.25, 0.3) is 0 Å². The van der Waals surface area contributed by atoms with Crippen LogP contribution in [-0.4, -0.2) is 57.4 Å². The van der Waals surface area contributed by atoms with Crippen LogP contribution in [0.25, 0.3) is 0 Å².